The number of piperidine rings is 1. The molecule has 2 heterocycles. The molecule has 2 N–H and O–H groups in total. The molecule has 0 aromatic heterocycles. The van der Waals surface area contributed by atoms with Crippen LogP contribution in [0.2, 0.25) is 0 Å². The highest BCUT2D eigenvalue weighted by Crippen LogP contribution is 2.26. The summed E-state index contributed by atoms with van der Waals surface area (Å²) < 4.78 is 38.0. The summed E-state index contributed by atoms with van der Waals surface area (Å²) in [6.45, 7) is 3.43. The Balaban J connectivity index is 1.81. The van der Waals surface area contributed by atoms with Gasteiger partial charge in [0.05, 0.1) is 28.8 Å². The zero-order valence-electron chi connectivity index (χ0n) is 18.7. The van der Waals surface area contributed by atoms with E-state index in [9.17, 15) is 22.8 Å². The Morgan fingerprint density at radius 2 is 1.85 bits per heavy atom. The number of rotatable bonds is 8. The van der Waals surface area contributed by atoms with E-state index in [0.717, 1.165) is 0 Å². The fourth-order valence-electron chi connectivity index (χ4n) is 3.97. The lowest BCUT2D eigenvalue weighted by molar-refractivity contribution is -0.148. The van der Waals surface area contributed by atoms with Gasteiger partial charge in [-0.25, -0.2) is 18.0 Å². The van der Waals surface area contributed by atoms with Gasteiger partial charge in [-0.15, -0.1) is 0 Å². The van der Waals surface area contributed by atoms with Gasteiger partial charge in [-0.05, 0) is 44.7 Å². The van der Waals surface area contributed by atoms with Crippen molar-refractivity contribution in [1.82, 2.24) is 14.9 Å². The molecule has 0 spiro atoms. The molecule has 2 aliphatic heterocycles. The molecule has 2 amide bonds. The largest absolute Gasteiger partial charge is 0.463 e. The number of sulfonamides is 1. The van der Waals surface area contributed by atoms with Crippen LogP contribution in [-0.2, 0) is 29.1 Å². The van der Waals surface area contributed by atoms with Crippen molar-refractivity contribution in [1.29, 1.82) is 0 Å². The second-order valence-corrected chi connectivity index (χ2v) is 9.61. The summed E-state index contributed by atoms with van der Waals surface area (Å²) in [5.74, 6) is -1.35. The molecule has 33 heavy (non-hydrogen) atoms. The zero-order valence-corrected chi connectivity index (χ0v) is 19.5. The Labute approximate surface area is 193 Å². The van der Waals surface area contributed by atoms with Crippen molar-refractivity contribution in [3.63, 3.8) is 0 Å². The summed E-state index contributed by atoms with van der Waals surface area (Å²) in [7, 11) is -3.89. The van der Waals surface area contributed by atoms with Crippen LogP contribution in [0.3, 0.4) is 0 Å². The van der Waals surface area contributed by atoms with E-state index in [1.807, 2.05) is 0 Å². The van der Waals surface area contributed by atoms with Crippen LogP contribution in [-0.4, -0.2) is 62.5 Å². The fourth-order valence-corrected chi connectivity index (χ4v) is 5.64. The summed E-state index contributed by atoms with van der Waals surface area (Å²) in [5, 5.41) is 5.16. The fraction of sp³-hybridized carbons (Fsp3) is 0.500. The molecule has 0 bridgehead atoms. The van der Waals surface area contributed by atoms with Gasteiger partial charge < -0.3 is 20.1 Å². The van der Waals surface area contributed by atoms with Gasteiger partial charge in [0.1, 0.15) is 12.6 Å². The summed E-state index contributed by atoms with van der Waals surface area (Å²) >= 11 is 0. The molecule has 2 atom stereocenters. The third kappa shape index (κ3) is 5.53. The third-order valence-corrected chi connectivity index (χ3v) is 7.50. The van der Waals surface area contributed by atoms with Gasteiger partial charge in [-0.3, -0.25) is 4.79 Å². The van der Waals surface area contributed by atoms with Crippen molar-refractivity contribution >= 4 is 28.0 Å². The number of ether oxygens (including phenoxy) is 2. The minimum absolute atomic E-state index is 0.105. The number of urea groups is 1. The van der Waals surface area contributed by atoms with Gasteiger partial charge in [0.25, 0.3) is 0 Å². The lowest BCUT2D eigenvalue weighted by atomic mass is 10.0. The number of benzene rings is 1. The maximum atomic E-state index is 13.1. The van der Waals surface area contributed by atoms with Crippen molar-refractivity contribution < 1.29 is 32.3 Å². The monoisotopic (exact) mass is 479 g/mol. The topological polar surface area (TPSA) is 131 Å². The maximum Gasteiger partial charge on any atom is 0.338 e. The molecule has 10 nitrogen and oxygen atoms in total. The Morgan fingerprint density at radius 3 is 2.52 bits per heavy atom. The minimum atomic E-state index is -3.89. The second-order valence-electron chi connectivity index (χ2n) is 7.72. The second kappa shape index (κ2) is 10.8. The molecule has 0 radical (unpaired) electrons. The Kier molecular flexibility index (Phi) is 8.09. The number of nitrogens with one attached hydrogen (secondary N) is 2. The maximum absolute atomic E-state index is 13.1. The van der Waals surface area contributed by atoms with E-state index in [0.29, 0.717) is 25.7 Å². The Morgan fingerprint density at radius 1 is 1.12 bits per heavy atom. The normalized spacial score (nSPS) is 21.7. The SMILES string of the molecule is CCOC(=O)C1=C(COC(=O)[C@H]2CCCCN2S(=O)(=O)c2ccccc2)NC(=O)N[C@@H]1CC. The van der Waals surface area contributed by atoms with Gasteiger partial charge in [0, 0.05) is 6.54 Å². The van der Waals surface area contributed by atoms with Crippen LogP contribution in [0.1, 0.15) is 39.5 Å². The molecule has 1 saturated heterocycles. The lowest BCUT2D eigenvalue weighted by Crippen LogP contribution is -2.52. The number of hydrogen-bond acceptors (Lipinski definition) is 7. The first-order chi connectivity index (χ1) is 15.8. The molecule has 1 aromatic carbocycles. The molecule has 2 aliphatic rings. The number of nitrogens with zero attached hydrogens (tertiary/aromatic N) is 1. The quantitative estimate of drug-likeness (QED) is 0.542. The van der Waals surface area contributed by atoms with E-state index >= 15 is 0 Å². The average molecular weight is 480 g/mol. The summed E-state index contributed by atoms with van der Waals surface area (Å²) in [6.07, 6.45) is 2.06. The van der Waals surface area contributed by atoms with Gasteiger partial charge in [-0.1, -0.05) is 25.1 Å². The predicted molar refractivity (Wildman–Crippen MR) is 118 cm³/mol. The molecule has 0 aliphatic carbocycles. The molecule has 11 heteroatoms. The summed E-state index contributed by atoms with van der Waals surface area (Å²) in [5.41, 5.74) is 0.315. The predicted octanol–water partition coefficient (Wildman–Crippen LogP) is 1.68. The smallest absolute Gasteiger partial charge is 0.338 e. The summed E-state index contributed by atoms with van der Waals surface area (Å²) in [6, 6.07) is 5.83. The first-order valence-corrected chi connectivity index (χ1v) is 12.4. The van der Waals surface area contributed by atoms with E-state index in [2.05, 4.69) is 10.6 Å². The van der Waals surface area contributed by atoms with Crippen molar-refractivity contribution in [2.75, 3.05) is 19.8 Å². The van der Waals surface area contributed by atoms with Crippen LogP contribution in [0.4, 0.5) is 4.79 Å². The van der Waals surface area contributed by atoms with Crippen molar-refractivity contribution in [3.05, 3.63) is 41.6 Å². The molecular weight excluding hydrogens is 450 g/mol. The van der Waals surface area contributed by atoms with Crippen molar-refractivity contribution in [2.45, 2.75) is 56.5 Å². The highest BCUT2D eigenvalue weighted by atomic mass is 32.2. The van der Waals surface area contributed by atoms with Gasteiger partial charge in [-0.2, -0.15) is 4.31 Å². The van der Waals surface area contributed by atoms with Crippen molar-refractivity contribution in [2.24, 2.45) is 0 Å². The summed E-state index contributed by atoms with van der Waals surface area (Å²) in [4.78, 5) is 37.6. The molecular formula is C22H29N3O7S. The van der Waals surface area contributed by atoms with Crippen LogP contribution in [0.25, 0.3) is 0 Å². The van der Waals surface area contributed by atoms with Crippen LogP contribution in [0.5, 0.6) is 0 Å². The first kappa shape index (κ1) is 24.7. The van der Waals surface area contributed by atoms with Crippen LogP contribution in [0.15, 0.2) is 46.5 Å². The molecule has 0 saturated carbocycles. The number of carbonyl (C=O) groups excluding carboxylic acids is 3. The molecule has 1 fully saturated rings. The number of carbonyl (C=O) groups is 3. The molecule has 180 valence electrons. The lowest BCUT2D eigenvalue weighted by Gasteiger charge is -2.33. The molecule has 3 rings (SSSR count). The van der Waals surface area contributed by atoms with E-state index in [4.69, 9.17) is 9.47 Å². The van der Waals surface area contributed by atoms with Gasteiger partial charge in [0.2, 0.25) is 10.0 Å². The number of hydrogen-bond donors (Lipinski definition) is 2. The van der Waals surface area contributed by atoms with Gasteiger partial charge >= 0.3 is 18.0 Å². The highest BCUT2D eigenvalue weighted by molar-refractivity contribution is 7.89. The van der Waals surface area contributed by atoms with Crippen LogP contribution in [0, 0.1) is 0 Å². The number of amides is 2. The van der Waals surface area contributed by atoms with Crippen LogP contribution < -0.4 is 10.6 Å². The number of esters is 2. The average Bonchev–Trinajstić information content (AvgIpc) is 2.82. The Hall–Kier alpha value is -2.92. The van der Waals surface area contributed by atoms with E-state index < -0.39 is 40.1 Å². The van der Waals surface area contributed by atoms with E-state index in [-0.39, 0.29) is 35.9 Å². The van der Waals surface area contributed by atoms with E-state index in [1.54, 1.807) is 32.0 Å². The first-order valence-electron chi connectivity index (χ1n) is 11.0. The molecule has 0 unspecified atom stereocenters. The highest BCUT2D eigenvalue weighted by Gasteiger charge is 2.39. The van der Waals surface area contributed by atoms with Crippen LogP contribution >= 0.6 is 0 Å². The third-order valence-electron chi connectivity index (χ3n) is 5.58. The molecule has 1 aromatic rings. The minimum Gasteiger partial charge on any atom is -0.463 e. The van der Waals surface area contributed by atoms with Crippen molar-refractivity contribution in [3.8, 4) is 0 Å². The Bertz CT molecular complexity index is 1020. The van der Waals surface area contributed by atoms with Gasteiger partial charge in [0.15, 0.2) is 0 Å². The standard InChI is InChI=1S/C22H29N3O7S/c1-3-16-19(21(27)31-4-2)17(24-22(28)23-16)14-32-20(26)18-12-8-9-13-25(18)33(29,30)15-10-6-5-7-11-15/h5-7,10-11,16,18H,3-4,8-9,12-14H2,1-2H3,(H2,23,24,28)/t16-,18-/m1/s1. The zero-order chi connectivity index (χ0) is 24.0. The van der Waals surface area contributed by atoms with E-state index in [1.165, 1.54) is 16.4 Å².